The van der Waals surface area contributed by atoms with Gasteiger partial charge in [-0.05, 0) is 46.4 Å². The molecule has 1 N–H and O–H groups in total. The van der Waals surface area contributed by atoms with Crippen molar-refractivity contribution in [1.29, 1.82) is 0 Å². The SMILES string of the molecule is CC(C)(C)C(O)(c1ccc(OCc2ccccc2)cc1)c1ccc(F)c(F)c1. The molecule has 0 aromatic heterocycles. The smallest absolute Gasteiger partial charge is 0.159 e. The molecule has 0 aliphatic carbocycles. The minimum absolute atomic E-state index is 0.303. The van der Waals surface area contributed by atoms with Crippen molar-refractivity contribution in [2.24, 2.45) is 5.41 Å². The summed E-state index contributed by atoms with van der Waals surface area (Å²) in [5.74, 6) is -1.26. The molecule has 0 heterocycles. The van der Waals surface area contributed by atoms with Crippen LogP contribution in [0.4, 0.5) is 8.78 Å². The maximum atomic E-state index is 13.8. The molecule has 146 valence electrons. The Bertz CT molecular complexity index is 931. The van der Waals surface area contributed by atoms with Crippen LogP contribution in [0, 0.1) is 17.0 Å². The van der Waals surface area contributed by atoms with Gasteiger partial charge >= 0.3 is 0 Å². The van der Waals surface area contributed by atoms with Gasteiger partial charge in [-0.3, -0.25) is 0 Å². The summed E-state index contributed by atoms with van der Waals surface area (Å²) in [7, 11) is 0. The molecule has 28 heavy (non-hydrogen) atoms. The standard InChI is InChI=1S/C24H24F2O2/c1-23(2,3)24(27,19-11-14-21(25)22(26)15-19)18-9-12-20(13-10-18)28-16-17-7-5-4-6-8-17/h4-15,27H,16H2,1-3H3. The van der Waals surface area contributed by atoms with Crippen molar-refractivity contribution in [2.45, 2.75) is 33.0 Å². The van der Waals surface area contributed by atoms with Gasteiger partial charge in [-0.25, -0.2) is 8.78 Å². The van der Waals surface area contributed by atoms with Gasteiger partial charge in [-0.1, -0.05) is 69.3 Å². The molecule has 0 radical (unpaired) electrons. The first-order chi connectivity index (χ1) is 13.2. The molecule has 0 aliphatic heterocycles. The highest BCUT2D eigenvalue weighted by Gasteiger charge is 2.43. The Balaban J connectivity index is 1.90. The molecule has 3 aromatic carbocycles. The van der Waals surface area contributed by atoms with Gasteiger partial charge in [-0.15, -0.1) is 0 Å². The van der Waals surface area contributed by atoms with Crippen molar-refractivity contribution in [3.8, 4) is 5.75 Å². The summed E-state index contributed by atoms with van der Waals surface area (Å²) in [6.45, 7) is 6.00. The summed E-state index contributed by atoms with van der Waals surface area (Å²) < 4.78 is 33.0. The van der Waals surface area contributed by atoms with E-state index < -0.39 is 22.7 Å². The number of hydrogen-bond acceptors (Lipinski definition) is 2. The maximum Gasteiger partial charge on any atom is 0.159 e. The molecule has 3 aromatic rings. The summed E-state index contributed by atoms with van der Waals surface area (Å²) >= 11 is 0. The molecule has 0 saturated carbocycles. The van der Waals surface area contributed by atoms with E-state index in [4.69, 9.17) is 4.74 Å². The van der Waals surface area contributed by atoms with Crippen LogP contribution in [-0.4, -0.2) is 5.11 Å². The van der Waals surface area contributed by atoms with Gasteiger partial charge in [-0.2, -0.15) is 0 Å². The van der Waals surface area contributed by atoms with Gasteiger partial charge in [0.15, 0.2) is 11.6 Å². The van der Waals surface area contributed by atoms with Crippen LogP contribution in [0.3, 0.4) is 0 Å². The van der Waals surface area contributed by atoms with Gasteiger partial charge < -0.3 is 9.84 Å². The lowest BCUT2D eigenvalue weighted by atomic mass is 9.68. The number of aliphatic hydroxyl groups is 1. The van der Waals surface area contributed by atoms with E-state index in [1.165, 1.54) is 6.07 Å². The van der Waals surface area contributed by atoms with Gasteiger partial charge in [0.1, 0.15) is 18.0 Å². The monoisotopic (exact) mass is 382 g/mol. The van der Waals surface area contributed by atoms with E-state index in [-0.39, 0.29) is 0 Å². The Hall–Kier alpha value is -2.72. The zero-order chi connectivity index (χ0) is 20.4. The molecular weight excluding hydrogens is 358 g/mol. The van der Waals surface area contributed by atoms with Gasteiger partial charge in [0.25, 0.3) is 0 Å². The largest absolute Gasteiger partial charge is 0.489 e. The second kappa shape index (κ2) is 7.72. The molecule has 4 heteroatoms. The Morgan fingerprint density at radius 1 is 0.786 bits per heavy atom. The molecule has 0 aliphatic rings. The van der Waals surface area contributed by atoms with Crippen molar-refractivity contribution >= 4 is 0 Å². The van der Waals surface area contributed by atoms with E-state index in [2.05, 4.69) is 0 Å². The van der Waals surface area contributed by atoms with E-state index in [1.807, 2.05) is 51.1 Å². The highest BCUT2D eigenvalue weighted by Crippen LogP contribution is 2.45. The van der Waals surface area contributed by atoms with E-state index in [0.717, 1.165) is 17.7 Å². The molecule has 0 fully saturated rings. The second-order valence-corrected chi connectivity index (χ2v) is 7.89. The highest BCUT2D eigenvalue weighted by atomic mass is 19.2. The van der Waals surface area contributed by atoms with Gasteiger partial charge in [0.2, 0.25) is 0 Å². The second-order valence-electron chi connectivity index (χ2n) is 7.89. The number of benzene rings is 3. The molecule has 2 nitrogen and oxygen atoms in total. The van der Waals surface area contributed by atoms with Crippen molar-refractivity contribution in [3.05, 3.63) is 101 Å². The molecular formula is C24H24F2O2. The van der Waals surface area contributed by atoms with Crippen LogP contribution in [0.2, 0.25) is 0 Å². The lowest BCUT2D eigenvalue weighted by Crippen LogP contribution is -2.41. The molecule has 0 bridgehead atoms. The first kappa shape index (κ1) is 20.0. The number of halogens is 2. The summed E-state index contributed by atoms with van der Waals surface area (Å²) in [5, 5.41) is 11.6. The Kier molecular flexibility index (Phi) is 5.52. The predicted octanol–water partition coefficient (Wildman–Crippen LogP) is 5.83. The Morgan fingerprint density at radius 2 is 1.39 bits per heavy atom. The van der Waals surface area contributed by atoms with Crippen molar-refractivity contribution in [3.63, 3.8) is 0 Å². The molecule has 0 amide bonds. The predicted molar refractivity (Wildman–Crippen MR) is 106 cm³/mol. The zero-order valence-electron chi connectivity index (χ0n) is 16.2. The topological polar surface area (TPSA) is 29.5 Å². The summed E-state index contributed by atoms with van der Waals surface area (Å²) in [5.41, 5.74) is -0.224. The summed E-state index contributed by atoms with van der Waals surface area (Å²) in [6.07, 6.45) is 0. The van der Waals surface area contributed by atoms with E-state index in [0.29, 0.717) is 23.5 Å². The minimum Gasteiger partial charge on any atom is -0.489 e. The fourth-order valence-corrected chi connectivity index (χ4v) is 3.29. The quantitative estimate of drug-likeness (QED) is 0.602. The highest BCUT2D eigenvalue weighted by molar-refractivity contribution is 5.41. The number of rotatable bonds is 5. The molecule has 3 rings (SSSR count). The fourth-order valence-electron chi connectivity index (χ4n) is 3.29. The van der Waals surface area contributed by atoms with Crippen LogP contribution in [-0.2, 0) is 12.2 Å². The molecule has 0 spiro atoms. The van der Waals surface area contributed by atoms with Crippen LogP contribution in [0.1, 0.15) is 37.5 Å². The minimum atomic E-state index is -1.50. The van der Waals surface area contributed by atoms with Crippen molar-refractivity contribution in [1.82, 2.24) is 0 Å². The third kappa shape index (κ3) is 3.92. The first-order valence-corrected chi connectivity index (χ1v) is 9.17. The normalized spacial score (nSPS) is 13.8. The first-order valence-electron chi connectivity index (χ1n) is 9.17. The summed E-state index contributed by atoms with van der Waals surface area (Å²) in [4.78, 5) is 0. The van der Waals surface area contributed by atoms with Crippen LogP contribution in [0.15, 0.2) is 72.8 Å². The van der Waals surface area contributed by atoms with E-state index in [1.54, 1.807) is 24.3 Å². The lowest BCUT2D eigenvalue weighted by molar-refractivity contribution is -0.0262. The van der Waals surface area contributed by atoms with Crippen LogP contribution in [0.5, 0.6) is 5.75 Å². The van der Waals surface area contributed by atoms with Crippen molar-refractivity contribution < 1.29 is 18.6 Å². The molecule has 1 atom stereocenters. The van der Waals surface area contributed by atoms with Crippen LogP contribution < -0.4 is 4.74 Å². The lowest BCUT2D eigenvalue weighted by Gasteiger charge is -2.41. The Morgan fingerprint density at radius 3 is 1.96 bits per heavy atom. The van der Waals surface area contributed by atoms with Crippen molar-refractivity contribution in [2.75, 3.05) is 0 Å². The third-order valence-electron chi connectivity index (χ3n) is 4.94. The number of hydrogen-bond donors (Lipinski definition) is 1. The van der Waals surface area contributed by atoms with E-state index in [9.17, 15) is 13.9 Å². The summed E-state index contributed by atoms with van der Waals surface area (Å²) in [6, 6.07) is 20.4. The maximum absolute atomic E-state index is 13.8. The fraction of sp³-hybridized carbons (Fsp3) is 0.250. The third-order valence-corrected chi connectivity index (χ3v) is 4.94. The average molecular weight is 382 g/mol. The average Bonchev–Trinajstić information content (AvgIpc) is 2.68. The molecule has 1 unspecified atom stereocenters. The van der Waals surface area contributed by atoms with Gasteiger partial charge in [0, 0.05) is 0 Å². The zero-order valence-corrected chi connectivity index (χ0v) is 16.2. The Labute approximate surface area is 164 Å². The van der Waals surface area contributed by atoms with E-state index >= 15 is 0 Å². The molecule has 0 saturated heterocycles. The van der Waals surface area contributed by atoms with Crippen LogP contribution in [0.25, 0.3) is 0 Å². The number of ether oxygens (including phenoxy) is 1. The van der Waals surface area contributed by atoms with Gasteiger partial charge in [0.05, 0.1) is 0 Å². The van der Waals surface area contributed by atoms with Crippen LogP contribution >= 0.6 is 0 Å².